The van der Waals surface area contributed by atoms with Crippen molar-refractivity contribution in [2.45, 2.75) is 26.2 Å². The van der Waals surface area contributed by atoms with Crippen LogP contribution in [0.4, 0.5) is 0 Å². The molecular weight excluding hydrogens is 326 g/mol. The lowest BCUT2D eigenvalue weighted by Crippen LogP contribution is -2.29. The van der Waals surface area contributed by atoms with Crippen molar-refractivity contribution < 1.29 is 9.53 Å². The average Bonchev–Trinajstić information content (AvgIpc) is 2.76. The molecule has 1 amide bonds. The summed E-state index contributed by atoms with van der Waals surface area (Å²) in [4.78, 5) is 16.1. The number of nitrogens with zero attached hydrogens (tertiary/aromatic N) is 1. The molecule has 1 aromatic rings. The minimum absolute atomic E-state index is 0.130. The molecule has 0 N–H and O–H groups in total. The van der Waals surface area contributed by atoms with E-state index in [-0.39, 0.29) is 5.91 Å². The van der Waals surface area contributed by atoms with Crippen molar-refractivity contribution in [3.63, 3.8) is 0 Å². The van der Waals surface area contributed by atoms with E-state index in [0.29, 0.717) is 5.92 Å². The van der Waals surface area contributed by atoms with E-state index in [1.165, 1.54) is 0 Å². The third-order valence-corrected chi connectivity index (χ3v) is 5.75. The standard InChI is InChI=1S/C14H20BrNO2S/c1-10-12(15)9-13(19-10)14(17)16(2)6-3-11-4-7-18-8-5-11/h9,11H,3-8H2,1-2H3. The van der Waals surface area contributed by atoms with Crippen LogP contribution in [0.1, 0.15) is 33.8 Å². The highest BCUT2D eigenvalue weighted by atomic mass is 79.9. The topological polar surface area (TPSA) is 29.5 Å². The van der Waals surface area contributed by atoms with Gasteiger partial charge in [0.05, 0.1) is 4.88 Å². The number of aryl methyl sites for hydroxylation is 1. The van der Waals surface area contributed by atoms with Crippen LogP contribution in [0.2, 0.25) is 0 Å². The monoisotopic (exact) mass is 345 g/mol. The molecule has 1 fully saturated rings. The predicted molar refractivity (Wildman–Crippen MR) is 81.9 cm³/mol. The highest BCUT2D eigenvalue weighted by Gasteiger charge is 2.18. The number of halogens is 1. The smallest absolute Gasteiger partial charge is 0.263 e. The zero-order valence-corrected chi connectivity index (χ0v) is 13.8. The highest BCUT2D eigenvalue weighted by molar-refractivity contribution is 9.10. The van der Waals surface area contributed by atoms with E-state index in [1.54, 1.807) is 11.3 Å². The molecule has 0 saturated carbocycles. The van der Waals surface area contributed by atoms with Crippen molar-refractivity contribution in [1.82, 2.24) is 4.90 Å². The summed E-state index contributed by atoms with van der Waals surface area (Å²) < 4.78 is 6.38. The van der Waals surface area contributed by atoms with Crippen molar-refractivity contribution in [2.24, 2.45) is 5.92 Å². The maximum absolute atomic E-state index is 12.3. The Hall–Kier alpha value is -0.390. The number of hydrogen-bond donors (Lipinski definition) is 0. The molecule has 2 heterocycles. The van der Waals surface area contributed by atoms with Crippen molar-refractivity contribution in [2.75, 3.05) is 26.8 Å². The summed E-state index contributed by atoms with van der Waals surface area (Å²) in [5.41, 5.74) is 0. The van der Waals surface area contributed by atoms with Crippen LogP contribution in [0.25, 0.3) is 0 Å². The Labute approximate surface area is 127 Å². The van der Waals surface area contributed by atoms with E-state index in [2.05, 4.69) is 15.9 Å². The fourth-order valence-electron chi connectivity index (χ4n) is 2.27. The Kier molecular flexibility index (Phi) is 5.42. The number of hydrogen-bond acceptors (Lipinski definition) is 3. The van der Waals surface area contributed by atoms with E-state index in [4.69, 9.17) is 4.74 Å². The number of amides is 1. The van der Waals surface area contributed by atoms with Gasteiger partial charge in [0.25, 0.3) is 5.91 Å². The fraction of sp³-hybridized carbons (Fsp3) is 0.643. The molecule has 1 aromatic heterocycles. The van der Waals surface area contributed by atoms with E-state index in [9.17, 15) is 4.79 Å². The third-order valence-electron chi connectivity index (χ3n) is 3.63. The molecular formula is C14H20BrNO2S. The van der Waals surface area contributed by atoms with E-state index in [0.717, 1.165) is 53.2 Å². The van der Waals surface area contributed by atoms with Crippen LogP contribution in [-0.2, 0) is 4.74 Å². The van der Waals surface area contributed by atoms with Crippen molar-refractivity contribution in [3.05, 3.63) is 20.3 Å². The minimum Gasteiger partial charge on any atom is -0.381 e. The van der Waals surface area contributed by atoms with Gasteiger partial charge < -0.3 is 9.64 Å². The van der Waals surface area contributed by atoms with Crippen LogP contribution < -0.4 is 0 Å². The summed E-state index contributed by atoms with van der Waals surface area (Å²) in [6, 6.07) is 1.92. The van der Waals surface area contributed by atoms with Crippen molar-refractivity contribution >= 4 is 33.2 Å². The van der Waals surface area contributed by atoms with Crippen LogP contribution in [0.15, 0.2) is 10.5 Å². The zero-order chi connectivity index (χ0) is 13.8. The number of ether oxygens (including phenoxy) is 1. The highest BCUT2D eigenvalue weighted by Crippen LogP contribution is 2.27. The van der Waals surface area contributed by atoms with Gasteiger partial charge in [-0.1, -0.05) is 0 Å². The van der Waals surface area contributed by atoms with Crippen molar-refractivity contribution in [3.8, 4) is 0 Å². The van der Waals surface area contributed by atoms with Crippen LogP contribution in [0.3, 0.4) is 0 Å². The normalized spacial score (nSPS) is 16.6. The predicted octanol–water partition coefficient (Wildman–Crippen LogP) is 3.71. The molecule has 0 unspecified atom stereocenters. The second-order valence-corrected chi connectivity index (χ2v) is 7.20. The molecule has 19 heavy (non-hydrogen) atoms. The Morgan fingerprint density at radius 1 is 1.53 bits per heavy atom. The molecule has 0 aliphatic carbocycles. The molecule has 3 nitrogen and oxygen atoms in total. The van der Waals surface area contributed by atoms with Gasteiger partial charge in [-0.05, 0) is 54.1 Å². The Balaban J connectivity index is 1.85. The molecule has 0 radical (unpaired) electrons. The first-order valence-electron chi connectivity index (χ1n) is 6.67. The van der Waals surface area contributed by atoms with Gasteiger partial charge in [0.1, 0.15) is 0 Å². The molecule has 5 heteroatoms. The van der Waals surface area contributed by atoms with Gasteiger partial charge in [0, 0.05) is 36.2 Å². The molecule has 0 atom stereocenters. The molecule has 0 aromatic carbocycles. The number of carbonyl (C=O) groups excluding carboxylic acids is 1. The first-order chi connectivity index (χ1) is 9.08. The Morgan fingerprint density at radius 3 is 2.79 bits per heavy atom. The lowest BCUT2D eigenvalue weighted by molar-refractivity contribution is 0.0584. The van der Waals surface area contributed by atoms with Crippen LogP contribution in [-0.4, -0.2) is 37.6 Å². The maximum atomic E-state index is 12.3. The fourth-order valence-corrected chi connectivity index (χ4v) is 3.80. The molecule has 1 saturated heterocycles. The summed E-state index contributed by atoms with van der Waals surface area (Å²) in [6.45, 7) is 4.60. The number of thiophene rings is 1. The summed E-state index contributed by atoms with van der Waals surface area (Å²) >= 11 is 5.01. The lowest BCUT2D eigenvalue weighted by atomic mass is 9.96. The first-order valence-corrected chi connectivity index (χ1v) is 8.28. The molecule has 2 rings (SSSR count). The molecule has 1 aliphatic rings. The first kappa shape index (κ1) is 15.0. The van der Waals surface area contributed by atoms with Gasteiger partial charge in [-0.3, -0.25) is 4.79 Å². The van der Waals surface area contributed by atoms with Gasteiger partial charge >= 0.3 is 0 Å². The summed E-state index contributed by atoms with van der Waals surface area (Å²) in [6.07, 6.45) is 3.34. The minimum atomic E-state index is 0.130. The number of rotatable bonds is 4. The Morgan fingerprint density at radius 2 is 2.21 bits per heavy atom. The second kappa shape index (κ2) is 6.86. The van der Waals surface area contributed by atoms with Gasteiger partial charge in [-0.2, -0.15) is 0 Å². The Bertz CT molecular complexity index is 421. The second-order valence-electron chi connectivity index (χ2n) is 5.09. The number of carbonyl (C=O) groups is 1. The van der Waals surface area contributed by atoms with E-state index >= 15 is 0 Å². The van der Waals surface area contributed by atoms with Gasteiger partial charge in [0.2, 0.25) is 0 Å². The molecule has 106 valence electrons. The summed E-state index contributed by atoms with van der Waals surface area (Å²) in [5.74, 6) is 0.840. The lowest BCUT2D eigenvalue weighted by Gasteiger charge is -2.24. The summed E-state index contributed by atoms with van der Waals surface area (Å²) in [5, 5.41) is 0. The zero-order valence-electron chi connectivity index (χ0n) is 11.4. The van der Waals surface area contributed by atoms with Gasteiger partial charge in [-0.25, -0.2) is 0 Å². The van der Waals surface area contributed by atoms with Crippen LogP contribution in [0, 0.1) is 12.8 Å². The van der Waals surface area contributed by atoms with Gasteiger partial charge in [-0.15, -0.1) is 11.3 Å². The average molecular weight is 346 g/mol. The molecule has 0 bridgehead atoms. The third kappa shape index (κ3) is 4.04. The summed E-state index contributed by atoms with van der Waals surface area (Å²) in [7, 11) is 1.89. The largest absolute Gasteiger partial charge is 0.381 e. The van der Waals surface area contributed by atoms with E-state index < -0.39 is 0 Å². The quantitative estimate of drug-likeness (QED) is 0.832. The van der Waals surface area contributed by atoms with E-state index in [1.807, 2.05) is 24.9 Å². The maximum Gasteiger partial charge on any atom is 0.263 e. The van der Waals surface area contributed by atoms with Crippen LogP contribution >= 0.6 is 27.3 Å². The molecule has 1 aliphatic heterocycles. The van der Waals surface area contributed by atoms with Crippen molar-refractivity contribution in [1.29, 1.82) is 0 Å². The van der Waals surface area contributed by atoms with Crippen LogP contribution in [0.5, 0.6) is 0 Å². The van der Waals surface area contributed by atoms with Gasteiger partial charge in [0.15, 0.2) is 0 Å². The SMILES string of the molecule is Cc1sc(C(=O)N(C)CCC2CCOCC2)cc1Br. The molecule has 0 spiro atoms.